The molecule has 3 heterocycles. The first kappa shape index (κ1) is 26.9. The molecule has 0 spiro atoms. The van der Waals surface area contributed by atoms with Crippen LogP contribution in [0.25, 0.3) is 5.57 Å². The Morgan fingerprint density at radius 2 is 1.86 bits per heavy atom. The van der Waals surface area contributed by atoms with Crippen LogP contribution in [-0.2, 0) is 19.7 Å². The first-order valence-corrected chi connectivity index (χ1v) is 12.9. The van der Waals surface area contributed by atoms with Crippen LogP contribution in [-0.4, -0.2) is 90.6 Å². The van der Waals surface area contributed by atoms with Gasteiger partial charge in [0.05, 0.1) is 37.8 Å². The third-order valence-electron chi connectivity index (χ3n) is 7.12. The number of fused-ring (bicyclic) bond motifs is 1. The van der Waals surface area contributed by atoms with Gasteiger partial charge in [0.1, 0.15) is 37.6 Å². The van der Waals surface area contributed by atoms with Gasteiger partial charge in [0.2, 0.25) is 0 Å². The Morgan fingerprint density at radius 3 is 2.51 bits per heavy atom. The average Bonchev–Trinajstić information content (AvgIpc) is 3.17. The summed E-state index contributed by atoms with van der Waals surface area (Å²) < 4.78 is 17.9. The monoisotopic (exact) mass is 511 g/mol. The first-order chi connectivity index (χ1) is 17.5. The molecule has 1 saturated heterocycles. The lowest BCUT2D eigenvalue weighted by atomic mass is 9.82. The van der Waals surface area contributed by atoms with E-state index in [1.54, 1.807) is 37.1 Å². The number of hydrogen-bond acceptors (Lipinski definition) is 6. The number of hydrogen-bond donors (Lipinski definition) is 1. The summed E-state index contributed by atoms with van der Waals surface area (Å²) in [6, 6.07) is 7.19. The number of likely N-dealkylation sites (N-methyl/N-ethyl adjacent to an activating group) is 1. The molecule has 200 valence electrons. The van der Waals surface area contributed by atoms with Gasteiger partial charge in [0.25, 0.3) is 5.91 Å². The Morgan fingerprint density at radius 1 is 1.19 bits per heavy atom. The van der Waals surface area contributed by atoms with Crippen molar-refractivity contribution < 1.29 is 28.3 Å². The maximum absolute atomic E-state index is 13.6. The number of carbonyl (C=O) groups is 2. The molecule has 9 heteroatoms. The number of aromatic amines is 1. The maximum atomic E-state index is 13.6. The van der Waals surface area contributed by atoms with Crippen LogP contribution in [0, 0.1) is 6.92 Å². The molecule has 2 aliphatic heterocycles. The maximum Gasteiger partial charge on any atom is 0.342 e. The zero-order valence-corrected chi connectivity index (χ0v) is 22.8. The van der Waals surface area contributed by atoms with E-state index in [9.17, 15) is 9.59 Å². The number of H-pyrrole nitrogens is 1. The molecule has 1 aromatic heterocycles. The fourth-order valence-electron chi connectivity index (χ4n) is 5.04. The Kier molecular flexibility index (Phi) is 7.75. The van der Waals surface area contributed by atoms with Gasteiger partial charge in [-0.3, -0.25) is 9.89 Å². The number of carbonyl (C=O) groups excluding carboxylic acids is 2. The highest BCUT2D eigenvalue weighted by Gasteiger charge is 2.38. The van der Waals surface area contributed by atoms with Gasteiger partial charge in [-0.15, -0.1) is 0 Å². The van der Waals surface area contributed by atoms with E-state index in [1.165, 1.54) is 0 Å². The van der Waals surface area contributed by atoms with E-state index >= 15 is 0 Å². The van der Waals surface area contributed by atoms with E-state index in [1.807, 2.05) is 32.9 Å². The van der Waals surface area contributed by atoms with E-state index in [4.69, 9.17) is 14.2 Å². The molecule has 0 aliphatic carbocycles. The van der Waals surface area contributed by atoms with Gasteiger partial charge in [-0.05, 0) is 45.0 Å². The number of esters is 1. The molecule has 1 amide bonds. The Balaban J connectivity index is 1.51. The van der Waals surface area contributed by atoms with Crippen LogP contribution in [0.1, 0.15) is 55.0 Å². The molecule has 0 unspecified atom stereocenters. The van der Waals surface area contributed by atoms with Crippen molar-refractivity contribution in [3.05, 3.63) is 53.0 Å². The van der Waals surface area contributed by atoms with Crippen molar-refractivity contribution in [2.45, 2.75) is 46.1 Å². The summed E-state index contributed by atoms with van der Waals surface area (Å²) in [7, 11) is 2.22. The molecular weight excluding hydrogens is 472 g/mol. The van der Waals surface area contributed by atoms with Crippen LogP contribution in [0.3, 0.4) is 0 Å². The Hall–Kier alpha value is -3.17. The van der Waals surface area contributed by atoms with Crippen LogP contribution in [0.2, 0.25) is 0 Å². The highest BCUT2D eigenvalue weighted by molar-refractivity contribution is 6.17. The zero-order valence-electron chi connectivity index (χ0n) is 22.8. The summed E-state index contributed by atoms with van der Waals surface area (Å²) >= 11 is 0. The van der Waals surface area contributed by atoms with Crippen molar-refractivity contribution in [1.29, 1.82) is 0 Å². The molecule has 1 aromatic carbocycles. The number of quaternary nitrogens is 1. The van der Waals surface area contributed by atoms with Gasteiger partial charge >= 0.3 is 5.97 Å². The van der Waals surface area contributed by atoms with Gasteiger partial charge in [0.15, 0.2) is 0 Å². The van der Waals surface area contributed by atoms with Crippen LogP contribution < -0.4 is 4.74 Å². The molecule has 0 bridgehead atoms. The van der Waals surface area contributed by atoms with Crippen molar-refractivity contribution in [2.75, 3.05) is 53.0 Å². The zero-order chi connectivity index (χ0) is 26.8. The topological polar surface area (TPSA) is 93.8 Å². The number of aromatic nitrogens is 2. The molecule has 2 aliphatic rings. The molecule has 0 saturated carbocycles. The predicted octanol–water partition coefficient (Wildman–Crippen LogP) is 3.30. The van der Waals surface area contributed by atoms with Crippen LogP contribution in [0.15, 0.2) is 30.5 Å². The minimum absolute atomic E-state index is 0.198. The molecule has 0 radical (unpaired) electrons. The molecule has 1 N–H and O–H groups in total. The third-order valence-corrected chi connectivity index (χ3v) is 7.12. The largest absolute Gasteiger partial charge is 0.488 e. The molecule has 4 rings (SSSR count). The van der Waals surface area contributed by atoms with E-state index in [2.05, 4.69) is 17.2 Å². The predicted molar refractivity (Wildman–Crippen MR) is 140 cm³/mol. The number of nitrogens with one attached hydrogen (secondary N) is 1. The number of benzene rings is 1. The summed E-state index contributed by atoms with van der Waals surface area (Å²) in [4.78, 5) is 28.2. The number of aryl methyl sites for hydroxylation is 1. The molecule has 9 nitrogen and oxygen atoms in total. The molecule has 1 fully saturated rings. The molecule has 2 aromatic rings. The first-order valence-electron chi connectivity index (χ1n) is 12.9. The van der Waals surface area contributed by atoms with E-state index in [-0.39, 0.29) is 12.0 Å². The van der Waals surface area contributed by atoms with E-state index in [0.29, 0.717) is 30.0 Å². The van der Waals surface area contributed by atoms with Gasteiger partial charge in [-0.1, -0.05) is 13.8 Å². The summed E-state index contributed by atoms with van der Waals surface area (Å²) in [5.41, 5.74) is 2.68. The smallest absolute Gasteiger partial charge is 0.342 e. The quantitative estimate of drug-likeness (QED) is 0.453. The normalized spacial score (nSPS) is 18.6. The number of nitrogens with zero attached hydrogens (tertiary/aromatic N) is 3. The Bertz CT molecular complexity index is 1160. The van der Waals surface area contributed by atoms with Crippen molar-refractivity contribution in [3.8, 4) is 5.75 Å². The van der Waals surface area contributed by atoms with Crippen LogP contribution in [0.5, 0.6) is 5.75 Å². The third kappa shape index (κ3) is 6.05. The number of rotatable bonds is 7. The van der Waals surface area contributed by atoms with Gasteiger partial charge in [-0.2, -0.15) is 5.10 Å². The van der Waals surface area contributed by atoms with Crippen molar-refractivity contribution in [1.82, 2.24) is 15.1 Å². The summed E-state index contributed by atoms with van der Waals surface area (Å²) in [6.45, 7) is 15.0. The molecular formula is C28H39N4O5+. The van der Waals surface area contributed by atoms with Crippen molar-refractivity contribution in [2.24, 2.45) is 0 Å². The highest BCUT2D eigenvalue weighted by atomic mass is 16.5. The van der Waals surface area contributed by atoms with Gasteiger partial charge in [0, 0.05) is 29.3 Å². The van der Waals surface area contributed by atoms with Crippen molar-refractivity contribution >= 4 is 17.4 Å². The lowest BCUT2D eigenvalue weighted by Crippen LogP contribution is -2.53. The lowest BCUT2D eigenvalue weighted by Gasteiger charge is -2.37. The number of amides is 1. The minimum atomic E-state index is -0.490. The minimum Gasteiger partial charge on any atom is -0.488 e. The van der Waals surface area contributed by atoms with Gasteiger partial charge < -0.3 is 23.6 Å². The standard InChI is InChI=1S/C28H39N4O5/c1-19(2)37-27(34)23-17-31(18-28(4,5)24-20(3)29-30-25(23)24)26(33)21-7-9-22(10-8-21)36-16-13-32(6)11-14-35-15-12-32/h7-10,17,19H,11-16,18H2,1-6H3,(H,29,30)/q+1. The van der Waals surface area contributed by atoms with E-state index < -0.39 is 11.4 Å². The number of morpholine rings is 1. The second-order valence-corrected chi connectivity index (χ2v) is 11.1. The fourth-order valence-corrected chi connectivity index (χ4v) is 5.04. The van der Waals surface area contributed by atoms with Crippen molar-refractivity contribution in [3.63, 3.8) is 0 Å². The molecule has 37 heavy (non-hydrogen) atoms. The lowest BCUT2D eigenvalue weighted by molar-refractivity contribution is -0.916. The fraction of sp³-hybridized carbons (Fsp3) is 0.536. The average molecular weight is 512 g/mol. The number of ether oxygens (including phenoxy) is 3. The molecule has 0 atom stereocenters. The summed E-state index contributed by atoms with van der Waals surface area (Å²) in [6.07, 6.45) is 1.30. The highest BCUT2D eigenvalue weighted by Crippen LogP contribution is 2.37. The second kappa shape index (κ2) is 10.7. The Labute approximate surface area is 219 Å². The summed E-state index contributed by atoms with van der Waals surface area (Å²) in [5.74, 6) is 0.0356. The van der Waals surface area contributed by atoms with Gasteiger partial charge in [-0.25, -0.2) is 4.79 Å². The van der Waals surface area contributed by atoms with Crippen LogP contribution >= 0.6 is 0 Å². The van der Waals surface area contributed by atoms with Crippen LogP contribution in [0.4, 0.5) is 0 Å². The second-order valence-electron chi connectivity index (χ2n) is 11.1. The SMILES string of the molecule is Cc1n[nH]c2c1C(C)(C)CN(C(=O)c1ccc(OCC[N+]3(C)CCOCC3)cc1)C=C2C(=O)OC(C)C. The summed E-state index contributed by atoms with van der Waals surface area (Å²) in [5, 5.41) is 7.34. The van der Waals surface area contributed by atoms with E-state index in [0.717, 1.165) is 54.3 Å².